The summed E-state index contributed by atoms with van der Waals surface area (Å²) >= 11 is 0. The van der Waals surface area contributed by atoms with Crippen molar-refractivity contribution in [2.75, 3.05) is 31.6 Å². The molecule has 1 unspecified atom stereocenters. The van der Waals surface area contributed by atoms with Crippen LogP contribution in [0.25, 0.3) is 0 Å². The minimum absolute atomic E-state index is 0.227. The van der Waals surface area contributed by atoms with Crippen molar-refractivity contribution >= 4 is 11.8 Å². The number of rotatable bonds is 1. The molecule has 16 heavy (non-hydrogen) atoms. The van der Waals surface area contributed by atoms with Crippen LogP contribution in [0.1, 0.15) is 11.6 Å². The zero-order chi connectivity index (χ0) is 11.0. The van der Waals surface area contributed by atoms with Crippen LogP contribution < -0.4 is 10.2 Å². The van der Waals surface area contributed by atoms with E-state index in [1.54, 1.807) is 0 Å². The summed E-state index contributed by atoms with van der Waals surface area (Å²) in [5.74, 6) is 1.04. The van der Waals surface area contributed by atoms with Crippen LogP contribution in [0.15, 0.2) is 23.3 Å². The minimum atomic E-state index is 0.227. The van der Waals surface area contributed by atoms with Crippen molar-refractivity contribution in [3.05, 3.63) is 23.9 Å². The number of hydrogen-bond donors (Lipinski definition) is 1. The van der Waals surface area contributed by atoms with Gasteiger partial charge in [-0.2, -0.15) is 0 Å². The summed E-state index contributed by atoms with van der Waals surface area (Å²) in [4.78, 5) is 10.8. The molecule has 1 atom stereocenters. The number of aliphatic imine (C=N–C) groups is 1. The molecule has 3 heterocycles. The molecule has 0 spiro atoms. The third-order valence-corrected chi connectivity index (χ3v) is 2.89. The molecule has 2 aliphatic heterocycles. The summed E-state index contributed by atoms with van der Waals surface area (Å²) in [6.45, 7) is 2.34. The standard InChI is InChI=1S/C11H14N4O/c1-15-7-9(14-11-13-5-6-16-11)8-3-2-4-12-10(8)15/h2-4,9H,5-7H2,1H3,(H,13,14). The Labute approximate surface area is 94.1 Å². The number of amidine groups is 1. The van der Waals surface area contributed by atoms with Gasteiger partial charge < -0.3 is 15.0 Å². The van der Waals surface area contributed by atoms with Gasteiger partial charge in [0.2, 0.25) is 0 Å². The van der Waals surface area contributed by atoms with Gasteiger partial charge in [-0.1, -0.05) is 6.07 Å². The Morgan fingerprint density at radius 2 is 2.50 bits per heavy atom. The lowest BCUT2D eigenvalue weighted by molar-refractivity contribution is 0.326. The van der Waals surface area contributed by atoms with Crippen LogP contribution in [-0.2, 0) is 4.74 Å². The lowest BCUT2D eigenvalue weighted by atomic mass is 10.1. The number of nitrogens with one attached hydrogen (secondary N) is 1. The molecule has 2 aliphatic rings. The van der Waals surface area contributed by atoms with Gasteiger partial charge >= 0.3 is 0 Å². The number of nitrogens with zero attached hydrogens (tertiary/aromatic N) is 3. The summed E-state index contributed by atoms with van der Waals surface area (Å²) in [5.41, 5.74) is 1.21. The quantitative estimate of drug-likeness (QED) is 0.747. The summed E-state index contributed by atoms with van der Waals surface area (Å²) in [6, 6.07) is 4.95. The molecule has 0 saturated carbocycles. The van der Waals surface area contributed by atoms with Crippen molar-refractivity contribution in [3.63, 3.8) is 0 Å². The fraction of sp³-hybridized carbons (Fsp3) is 0.455. The van der Waals surface area contributed by atoms with Gasteiger partial charge in [0, 0.05) is 25.4 Å². The highest BCUT2D eigenvalue weighted by atomic mass is 16.5. The van der Waals surface area contributed by atoms with Gasteiger partial charge in [0.1, 0.15) is 12.4 Å². The van der Waals surface area contributed by atoms with E-state index < -0.39 is 0 Å². The Bertz CT molecular complexity index is 432. The molecule has 0 amide bonds. The number of ether oxygens (including phenoxy) is 1. The summed E-state index contributed by atoms with van der Waals surface area (Å²) < 4.78 is 5.37. The van der Waals surface area contributed by atoms with Crippen LogP contribution in [-0.4, -0.2) is 37.7 Å². The average molecular weight is 218 g/mol. The van der Waals surface area contributed by atoms with Crippen LogP contribution in [0.2, 0.25) is 0 Å². The van der Waals surface area contributed by atoms with Gasteiger partial charge in [-0.05, 0) is 6.07 Å². The highest BCUT2D eigenvalue weighted by Crippen LogP contribution is 2.31. The molecule has 0 aromatic carbocycles. The van der Waals surface area contributed by atoms with Crippen molar-refractivity contribution < 1.29 is 4.74 Å². The fourth-order valence-electron chi connectivity index (χ4n) is 2.15. The van der Waals surface area contributed by atoms with Crippen LogP contribution >= 0.6 is 0 Å². The van der Waals surface area contributed by atoms with Crippen LogP contribution in [0, 0.1) is 0 Å². The van der Waals surface area contributed by atoms with Crippen molar-refractivity contribution in [2.45, 2.75) is 6.04 Å². The number of likely N-dealkylation sites (N-methyl/N-ethyl adjacent to an activating group) is 1. The van der Waals surface area contributed by atoms with Crippen molar-refractivity contribution in [1.82, 2.24) is 10.3 Å². The minimum Gasteiger partial charge on any atom is -0.463 e. The van der Waals surface area contributed by atoms with Gasteiger partial charge in [-0.25, -0.2) is 9.98 Å². The number of fused-ring (bicyclic) bond motifs is 1. The number of pyridine rings is 1. The monoisotopic (exact) mass is 218 g/mol. The Morgan fingerprint density at radius 1 is 1.56 bits per heavy atom. The maximum atomic E-state index is 5.37. The number of anilines is 1. The van der Waals surface area contributed by atoms with E-state index in [2.05, 4.69) is 26.3 Å². The predicted molar refractivity (Wildman–Crippen MR) is 61.6 cm³/mol. The van der Waals surface area contributed by atoms with E-state index in [1.807, 2.05) is 19.3 Å². The highest BCUT2D eigenvalue weighted by Gasteiger charge is 2.28. The second-order valence-electron chi connectivity index (χ2n) is 4.03. The Morgan fingerprint density at radius 3 is 3.31 bits per heavy atom. The lowest BCUT2D eigenvalue weighted by Gasteiger charge is -2.14. The molecule has 0 saturated heterocycles. The third-order valence-electron chi connectivity index (χ3n) is 2.89. The van der Waals surface area contributed by atoms with Crippen molar-refractivity contribution in [1.29, 1.82) is 0 Å². The average Bonchev–Trinajstić information content (AvgIpc) is 2.90. The molecule has 1 aromatic heterocycles. The maximum Gasteiger partial charge on any atom is 0.285 e. The first kappa shape index (κ1) is 9.45. The van der Waals surface area contributed by atoms with Crippen molar-refractivity contribution in [2.24, 2.45) is 4.99 Å². The first-order valence-corrected chi connectivity index (χ1v) is 5.44. The summed E-state index contributed by atoms with van der Waals surface area (Å²) in [5, 5.41) is 3.31. The Kier molecular flexibility index (Phi) is 2.16. The smallest absolute Gasteiger partial charge is 0.285 e. The van der Waals surface area contributed by atoms with E-state index in [9.17, 15) is 0 Å². The molecule has 0 fully saturated rings. The molecule has 5 heteroatoms. The largest absolute Gasteiger partial charge is 0.463 e. The van der Waals surface area contributed by atoms with Crippen LogP contribution in [0.4, 0.5) is 5.82 Å². The van der Waals surface area contributed by atoms with Gasteiger partial charge in [0.05, 0.1) is 12.6 Å². The van der Waals surface area contributed by atoms with Gasteiger partial charge in [-0.15, -0.1) is 0 Å². The molecule has 0 radical (unpaired) electrons. The first-order chi connectivity index (χ1) is 7.84. The van der Waals surface area contributed by atoms with E-state index in [1.165, 1.54) is 5.56 Å². The summed E-state index contributed by atoms with van der Waals surface area (Å²) in [6.07, 6.45) is 1.82. The highest BCUT2D eigenvalue weighted by molar-refractivity contribution is 5.76. The fourth-order valence-corrected chi connectivity index (χ4v) is 2.15. The second kappa shape index (κ2) is 3.66. The summed E-state index contributed by atoms with van der Waals surface area (Å²) in [7, 11) is 2.05. The zero-order valence-corrected chi connectivity index (χ0v) is 9.18. The predicted octanol–water partition coefficient (Wildman–Crippen LogP) is 0.548. The van der Waals surface area contributed by atoms with E-state index in [0.29, 0.717) is 12.6 Å². The molecule has 1 aromatic rings. The van der Waals surface area contributed by atoms with Gasteiger partial charge in [-0.3, -0.25) is 0 Å². The van der Waals surface area contributed by atoms with E-state index in [4.69, 9.17) is 4.74 Å². The number of aromatic nitrogens is 1. The SMILES string of the molecule is CN1CC(NC2=NCCO2)c2cccnc21. The Balaban J connectivity index is 1.83. The molecular weight excluding hydrogens is 204 g/mol. The van der Waals surface area contributed by atoms with Gasteiger partial charge in [0.15, 0.2) is 0 Å². The maximum absolute atomic E-state index is 5.37. The molecule has 84 valence electrons. The molecular formula is C11H14N4O. The molecule has 5 nitrogen and oxygen atoms in total. The topological polar surface area (TPSA) is 49.8 Å². The Hall–Kier alpha value is -1.78. The van der Waals surface area contributed by atoms with Gasteiger partial charge in [0.25, 0.3) is 6.02 Å². The normalized spacial score (nSPS) is 22.7. The molecule has 0 bridgehead atoms. The number of hydrogen-bond acceptors (Lipinski definition) is 5. The molecule has 0 aliphatic carbocycles. The van der Waals surface area contributed by atoms with E-state index in [0.717, 1.165) is 18.9 Å². The zero-order valence-electron chi connectivity index (χ0n) is 9.18. The lowest BCUT2D eigenvalue weighted by Crippen LogP contribution is -2.31. The van der Waals surface area contributed by atoms with E-state index in [-0.39, 0.29) is 6.04 Å². The molecule has 3 rings (SSSR count). The first-order valence-electron chi connectivity index (χ1n) is 5.44. The second-order valence-corrected chi connectivity index (χ2v) is 4.03. The van der Waals surface area contributed by atoms with E-state index >= 15 is 0 Å². The van der Waals surface area contributed by atoms with Crippen molar-refractivity contribution in [3.8, 4) is 0 Å². The molecule has 1 N–H and O–H groups in total. The third kappa shape index (κ3) is 1.48. The van der Waals surface area contributed by atoms with Crippen LogP contribution in [0.5, 0.6) is 0 Å². The van der Waals surface area contributed by atoms with Crippen LogP contribution in [0.3, 0.4) is 0 Å².